The molecule has 0 bridgehead atoms. The van der Waals surface area contributed by atoms with Crippen LogP contribution in [-0.4, -0.2) is 11.5 Å². The van der Waals surface area contributed by atoms with Crippen molar-refractivity contribution in [2.45, 2.75) is 29.8 Å². The van der Waals surface area contributed by atoms with Crippen molar-refractivity contribution in [3.8, 4) is 0 Å². The monoisotopic (exact) mass is 370 g/mol. The maximum absolute atomic E-state index is 6.33. The largest absolute Gasteiger partial charge is 0.313 e. The number of hydrogen-bond acceptors (Lipinski definition) is 3. The Morgan fingerprint density at radius 2 is 2.20 bits per heavy atom. The molecule has 5 heteroatoms. The molecule has 0 amide bonds. The first-order valence-electron chi connectivity index (χ1n) is 6.48. The van der Waals surface area contributed by atoms with Gasteiger partial charge in [-0.05, 0) is 58.7 Å². The fourth-order valence-corrected chi connectivity index (χ4v) is 3.32. The lowest BCUT2D eigenvalue weighted by molar-refractivity contribution is 0.675. The molecule has 20 heavy (non-hydrogen) atoms. The molecule has 1 aromatic heterocycles. The lowest BCUT2D eigenvalue weighted by Gasteiger charge is -2.08. The zero-order chi connectivity index (χ0) is 14.4. The molecule has 0 fully saturated rings. The zero-order valence-electron chi connectivity index (χ0n) is 11.2. The van der Waals surface area contributed by atoms with Gasteiger partial charge in [-0.15, -0.1) is 0 Å². The lowest BCUT2D eigenvalue weighted by Crippen LogP contribution is -2.13. The highest BCUT2D eigenvalue weighted by atomic mass is 79.9. The van der Waals surface area contributed by atoms with E-state index in [1.807, 2.05) is 18.2 Å². The van der Waals surface area contributed by atoms with Crippen LogP contribution in [0, 0.1) is 0 Å². The average molecular weight is 372 g/mol. The number of nitrogens with one attached hydrogen (secondary N) is 1. The van der Waals surface area contributed by atoms with Gasteiger partial charge in [0.2, 0.25) is 0 Å². The van der Waals surface area contributed by atoms with Gasteiger partial charge in [0.25, 0.3) is 0 Å². The Morgan fingerprint density at radius 1 is 1.35 bits per heavy atom. The van der Waals surface area contributed by atoms with Crippen LogP contribution in [0.4, 0.5) is 0 Å². The van der Waals surface area contributed by atoms with Gasteiger partial charge in [0, 0.05) is 22.7 Å². The van der Waals surface area contributed by atoms with Crippen LogP contribution < -0.4 is 5.32 Å². The van der Waals surface area contributed by atoms with Gasteiger partial charge in [-0.25, -0.2) is 4.98 Å². The van der Waals surface area contributed by atoms with Gasteiger partial charge >= 0.3 is 0 Å². The van der Waals surface area contributed by atoms with Gasteiger partial charge in [0.15, 0.2) is 0 Å². The minimum Gasteiger partial charge on any atom is -0.313 e. The van der Waals surface area contributed by atoms with Gasteiger partial charge < -0.3 is 5.32 Å². The molecule has 2 nitrogen and oxygen atoms in total. The molecule has 0 saturated carbocycles. The predicted octanol–water partition coefficient (Wildman–Crippen LogP) is 5.15. The summed E-state index contributed by atoms with van der Waals surface area (Å²) in [5.74, 6) is 0. The molecule has 0 atom stereocenters. The second kappa shape index (κ2) is 8.03. The Hall–Kier alpha value is -0.550. The summed E-state index contributed by atoms with van der Waals surface area (Å²) >= 11 is 11.4. The van der Waals surface area contributed by atoms with Crippen molar-refractivity contribution >= 4 is 39.3 Å². The van der Waals surface area contributed by atoms with Gasteiger partial charge in [-0.1, -0.05) is 36.4 Å². The van der Waals surface area contributed by atoms with E-state index in [0.29, 0.717) is 0 Å². The minimum atomic E-state index is 0.797. The van der Waals surface area contributed by atoms with E-state index >= 15 is 0 Å². The summed E-state index contributed by atoms with van der Waals surface area (Å²) in [6.07, 6.45) is 2.91. The van der Waals surface area contributed by atoms with Crippen molar-refractivity contribution in [1.82, 2.24) is 10.3 Å². The highest BCUT2D eigenvalue weighted by molar-refractivity contribution is 9.10. The Bertz CT molecular complexity index is 578. The first-order chi connectivity index (χ1) is 9.70. The van der Waals surface area contributed by atoms with Crippen LogP contribution in [0.2, 0.25) is 5.02 Å². The maximum Gasteiger partial charge on any atom is 0.115 e. The van der Waals surface area contributed by atoms with E-state index in [2.05, 4.69) is 45.3 Å². The summed E-state index contributed by atoms with van der Waals surface area (Å²) in [6.45, 7) is 3.97. The zero-order valence-corrected chi connectivity index (χ0v) is 14.4. The number of rotatable bonds is 6. The van der Waals surface area contributed by atoms with Gasteiger partial charge in [0.1, 0.15) is 5.03 Å². The second-order valence-electron chi connectivity index (χ2n) is 4.32. The molecule has 0 spiro atoms. The number of nitrogens with zero attached hydrogens (tertiary/aromatic N) is 1. The van der Waals surface area contributed by atoms with Crippen molar-refractivity contribution in [2.75, 3.05) is 6.54 Å². The molecule has 1 N–H and O–H groups in total. The quantitative estimate of drug-likeness (QED) is 0.711. The summed E-state index contributed by atoms with van der Waals surface area (Å²) in [4.78, 5) is 5.44. The second-order valence-corrected chi connectivity index (χ2v) is 6.65. The van der Waals surface area contributed by atoms with Crippen LogP contribution in [-0.2, 0) is 6.54 Å². The molecule has 0 saturated heterocycles. The Balaban J connectivity index is 2.07. The summed E-state index contributed by atoms with van der Waals surface area (Å²) in [5, 5.41) is 5.10. The third kappa shape index (κ3) is 4.48. The van der Waals surface area contributed by atoms with E-state index < -0.39 is 0 Å². The molecule has 1 aromatic carbocycles. The fraction of sp³-hybridized carbons (Fsp3) is 0.267. The van der Waals surface area contributed by atoms with E-state index in [-0.39, 0.29) is 0 Å². The van der Waals surface area contributed by atoms with Crippen LogP contribution in [0.15, 0.2) is 50.9 Å². The molecule has 1 heterocycles. The molecule has 106 valence electrons. The van der Waals surface area contributed by atoms with Gasteiger partial charge in [-0.2, -0.15) is 0 Å². The lowest BCUT2D eigenvalue weighted by atomic mass is 10.2. The fourth-order valence-electron chi connectivity index (χ4n) is 1.69. The molecule has 2 rings (SSSR count). The summed E-state index contributed by atoms with van der Waals surface area (Å²) in [6, 6.07) is 10.0. The van der Waals surface area contributed by atoms with E-state index in [1.165, 1.54) is 0 Å². The number of halogens is 2. The van der Waals surface area contributed by atoms with E-state index in [4.69, 9.17) is 11.6 Å². The van der Waals surface area contributed by atoms with Crippen LogP contribution >= 0.6 is 39.3 Å². The third-order valence-corrected chi connectivity index (χ3v) is 4.97. The van der Waals surface area contributed by atoms with E-state index in [0.717, 1.165) is 44.5 Å². The molecule has 0 radical (unpaired) electrons. The maximum atomic E-state index is 6.33. The topological polar surface area (TPSA) is 24.9 Å². The molecule has 0 aliphatic heterocycles. The van der Waals surface area contributed by atoms with Gasteiger partial charge in [-0.3, -0.25) is 0 Å². The first-order valence-corrected chi connectivity index (χ1v) is 8.47. The molecule has 0 aliphatic rings. The van der Waals surface area contributed by atoms with Crippen molar-refractivity contribution in [1.29, 1.82) is 0 Å². The van der Waals surface area contributed by atoms with Gasteiger partial charge in [0.05, 0.1) is 4.47 Å². The normalized spacial score (nSPS) is 10.8. The molecule has 0 unspecified atom stereocenters. The Kier molecular flexibility index (Phi) is 6.36. The summed E-state index contributed by atoms with van der Waals surface area (Å²) in [5.41, 5.74) is 1.13. The molecular formula is C15H16BrClN2S. The Morgan fingerprint density at radius 3 is 2.90 bits per heavy atom. The highest BCUT2D eigenvalue weighted by Crippen LogP contribution is 2.33. The smallest absolute Gasteiger partial charge is 0.115 e. The van der Waals surface area contributed by atoms with Crippen LogP contribution in [0.5, 0.6) is 0 Å². The van der Waals surface area contributed by atoms with Crippen molar-refractivity contribution in [2.24, 2.45) is 0 Å². The van der Waals surface area contributed by atoms with Crippen molar-refractivity contribution < 1.29 is 0 Å². The molecular weight excluding hydrogens is 356 g/mol. The minimum absolute atomic E-state index is 0.797. The van der Waals surface area contributed by atoms with Crippen molar-refractivity contribution in [3.63, 3.8) is 0 Å². The molecule has 2 aromatic rings. The predicted molar refractivity (Wildman–Crippen MR) is 89.5 cm³/mol. The summed E-state index contributed by atoms with van der Waals surface area (Å²) < 4.78 is 0.995. The number of hydrogen-bond donors (Lipinski definition) is 1. The van der Waals surface area contributed by atoms with Crippen LogP contribution in [0.3, 0.4) is 0 Å². The summed E-state index contributed by atoms with van der Waals surface area (Å²) in [7, 11) is 0. The van der Waals surface area contributed by atoms with Crippen molar-refractivity contribution in [3.05, 3.63) is 51.6 Å². The number of benzene rings is 1. The third-order valence-electron chi connectivity index (χ3n) is 2.71. The van der Waals surface area contributed by atoms with Crippen LogP contribution in [0.25, 0.3) is 0 Å². The van der Waals surface area contributed by atoms with Crippen LogP contribution in [0.1, 0.15) is 18.9 Å². The standard InChI is InChI=1S/C15H16BrClN2S/c1-2-7-18-10-11-5-6-12(9-14(11)17)20-15-13(16)4-3-8-19-15/h3-6,8-9,18H,2,7,10H2,1H3. The first kappa shape index (κ1) is 15.8. The molecule has 0 aliphatic carbocycles. The number of pyridine rings is 1. The van der Waals surface area contributed by atoms with E-state index in [1.54, 1.807) is 18.0 Å². The Labute approximate surface area is 137 Å². The SMILES string of the molecule is CCCNCc1ccc(Sc2ncccc2Br)cc1Cl. The van der Waals surface area contributed by atoms with E-state index in [9.17, 15) is 0 Å². The number of aromatic nitrogens is 1. The highest BCUT2D eigenvalue weighted by Gasteiger charge is 2.06. The average Bonchev–Trinajstić information content (AvgIpc) is 2.44.